The summed E-state index contributed by atoms with van der Waals surface area (Å²) >= 11 is 1.90. The van der Waals surface area contributed by atoms with Gasteiger partial charge in [-0.15, -0.1) is 0 Å². The molecule has 6 heteroatoms. The molecule has 0 aliphatic carbocycles. The molecule has 5 nitrogen and oxygen atoms in total. The van der Waals surface area contributed by atoms with E-state index in [0.717, 1.165) is 17.2 Å². The van der Waals surface area contributed by atoms with Crippen LogP contribution < -0.4 is 5.32 Å². The molecule has 1 unspecified atom stereocenters. The summed E-state index contributed by atoms with van der Waals surface area (Å²) in [4.78, 5) is 16.1. The van der Waals surface area contributed by atoms with E-state index in [1.807, 2.05) is 45.8 Å². The van der Waals surface area contributed by atoms with Crippen molar-refractivity contribution in [2.24, 2.45) is 0 Å². The van der Waals surface area contributed by atoms with Crippen LogP contribution in [0.2, 0.25) is 0 Å². The summed E-state index contributed by atoms with van der Waals surface area (Å²) in [5, 5.41) is 2.86. The van der Waals surface area contributed by atoms with Gasteiger partial charge in [0.2, 0.25) is 0 Å². The molecule has 21 heavy (non-hydrogen) atoms. The number of nitrogens with one attached hydrogen (secondary N) is 1. The Labute approximate surface area is 131 Å². The van der Waals surface area contributed by atoms with E-state index in [1.54, 1.807) is 6.20 Å². The Bertz CT molecular complexity index is 454. The lowest BCUT2D eigenvalue weighted by Gasteiger charge is -2.23. The second kappa shape index (κ2) is 7.73. The molecule has 1 heterocycles. The normalized spacial score (nSPS) is 14.6. The van der Waals surface area contributed by atoms with Gasteiger partial charge in [-0.3, -0.25) is 0 Å². The van der Waals surface area contributed by atoms with Gasteiger partial charge in [-0.2, -0.15) is 11.8 Å². The molecule has 0 aromatic carbocycles. The van der Waals surface area contributed by atoms with E-state index in [4.69, 9.17) is 4.74 Å². The first-order valence-corrected chi connectivity index (χ1v) is 8.49. The summed E-state index contributed by atoms with van der Waals surface area (Å²) in [5.41, 5.74) is 0.500. The molecule has 0 saturated heterocycles. The molecule has 1 amide bonds. The van der Waals surface area contributed by atoms with E-state index in [-0.39, 0.29) is 6.04 Å². The number of carbonyl (C=O) groups excluding carboxylic acids is 1. The number of alkyl carbamates (subject to hydrolysis) is 1. The van der Waals surface area contributed by atoms with Crippen LogP contribution in [-0.2, 0) is 4.74 Å². The predicted molar refractivity (Wildman–Crippen MR) is 87.7 cm³/mol. The molecule has 1 rings (SSSR count). The lowest BCUT2D eigenvalue weighted by molar-refractivity contribution is 0.0506. The molecule has 1 N–H and O–H groups in total. The molecule has 0 aliphatic heterocycles. The molecule has 0 aliphatic rings. The minimum Gasteiger partial charge on any atom is -0.444 e. The fourth-order valence-electron chi connectivity index (χ4n) is 1.95. The molecule has 1 aromatic heterocycles. The molecule has 1 aromatic rings. The van der Waals surface area contributed by atoms with Crippen LogP contribution in [0, 0.1) is 0 Å². The standard InChI is InChI=1S/C15H27N3O2S/c1-7-21-9-11(2)18-10-16-8-13(18)12(3)17-14(19)20-15(4,5)6/h8,10-12H,7,9H2,1-6H3,(H,17,19)/t11?,12-/m1/s1. The number of thioether (sulfide) groups is 1. The highest BCUT2D eigenvalue weighted by Gasteiger charge is 2.21. The summed E-state index contributed by atoms with van der Waals surface area (Å²) in [5.74, 6) is 2.12. The fourth-order valence-corrected chi connectivity index (χ4v) is 2.68. The monoisotopic (exact) mass is 313 g/mol. The van der Waals surface area contributed by atoms with Crippen LogP contribution >= 0.6 is 11.8 Å². The van der Waals surface area contributed by atoms with Crippen LogP contribution in [0.4, 0.5) is 4.79 Å². The maximum atomic E-state index is 11.9. The lowest BCUT2D eigenvalue weighted by Crippen LogP contribution is -2.34. The first-order chi connectivity index (χ1) is 9.74. The van der Waals surface area contributed by atoms with Gasteiger partial charge in [0.05, 0.1) is 24.3 Å². The number of rotatable bonds is 6. The zero-order valence-corrected chi connectivity index (χ0v) is 14.7. The van der Waals surface area contributed by atoms with Crippen LogP contribution in [0.1, 0.15) is 59.3 Å². The van der Waals surface area contributed by atoms with Crippen LogP contribution in [0.15, 0.2) is 12.5 Å². The third-order valence-corrected chi connectivity index (χ3v) is 4.04. The van der Waals surface area contributed by atoms with Gasteiger partial charge in [-0.1, -0.05) is 6.92 Å². The average molecular weight is 313 g/mol. The van der Waals surface area contributed by atoms with E-state index >= 15 is 0 Å². The van der Waals surface area contributed by atoms with E-state index in [1.165, 1.54) is 0 Å². The molecule has 2 atom stereocenters. The van der Waals surface area contributed by atoms with Crippen molar-refractivity contribution in [1.82, 2.24) is 14.9 Å². The molecule has 0 fully saturated rings. The van der Waals surface area contributed by atoms with Gasteiger partial charge >= 0.3 is 6.09 Å². The number of hydrogen-bond acceptors (Lipinski definition) is 4. The van der Waals surface area contributed by atoms with Gasteiger partial charge < -0.3 is 14.6 Å². The summed E-state index contributed by atoms with van der Waals surface area (Å²) in [6, 6.07) is 0.201. The van der Waals surface area contributed by atoms with Gasteiger partial charge in [-0.25, -0.2) is 9.78 Å². The third kappa shape index (κ3) is 5.99. The summed E-state index contributed by atoms with van der Waals surface area (Å²) in [6.07, 6.45) is 3.22. The highest BCUT2D eigenvalue weighted by atomic mass is 32.2. The third-order valence-electron chi connectivity index (χ3n) is 2.91. The van der Waals surface area contributed by atoms with E-state index in [0.29, 0.717) is 6.04 Å². The van der Waals surface area contributed by atoms with Gasteiger partial charge in [0.1, 0.15) is 5.60 Å². The van der Waals surface area contributed by atoms with Gasteiger partial charge in [0, 0.05) is 11.8 Å². The number of amides is 1. The first kappa shape index (κ1) is 17.9. The van der Waals surface area contributed by atoms with Crippen molar-refractivity contribution < 1.29 is 9.53 Å². The van der Waals surface area contributed by atoms with E-state index in [2.05, 4.69) is 28.7 Å². The molecule has 0 spiro atoms. The Morgan fingerprint density at radius 2 is 2.14 bits per heavy atom. The summed E-state index contributed by atoms with van der Waals surface area (Å²) < 4.78 is 7.40. The molecule has 0 radical (unpaired) electrons. The zero-order valence-electron chi connectivity index (χ0n) is 13.8. The summed E-state index contributed by atoms with van der Waals surface area (Å²) in [7, 11) is 0. The number of aromatic nitrogens is 2. The second-order valence-corrected chi connectivity index (χ2v) is 7.42. The number of carbonyl (C=O) groups is 1. The van der Waals surface area contributed by atoms with Crippen molar-refractivity contribution in [3.63, 3.8) is 0 Å². The summed E-state index contributed by atoms with van der Waals surface area (Å²) in [6.45, 7) is 11.8. The Morgan fingerprint density at radius 1 is 1.48 bits per heavy atom. The predicted octanol–water partition coefficient (Wildman–Crippen LogP) is 3.78. The maximum absolute atomic E-state index is 11.9. The van der Waals surface area contributed by atoms with Crippen LogP contribution in [0.3, 0.4) is 0 Å². The number of ether oxygens (including phenoxy) is 1. The zero-order chi connectivity index (χ0) is 16.0. The fraction of sp³-hybridized carbons (Fsp3) is 0.733. The van der Waals surface area contributed by atoms with Gasteiger partial charge in [0.15, 0.2) is 0 Å². The number of imidazole rings is 1. The minimum atomic E-state index is -0.491. The highest BCUT2D eigenvalue weighted by molar-refractivity contribution is 7.99. The van der Waals surface area contributed by atoms with Crippen LogP contribution in [-0.4, -0.2) is 32.8 Å². The van der Waals surface area contributed by atoms with Crippen molar-refractivity contribution in [3.8, 4) is 0 Å². The Hall–Kier alpha value is -1.17. The molecule has 0 saturated carbocycles. The smallest absolute Gasteiger partial charge is 0.408 e. The minimum absolute atomic E-state index is 0.142. The maximum Gasteiger partial charge on any atom is 0.408 e. The molecule has 0 bridgehead atoms. The van der Waals surface area contributed by atoms with Crippen molar-refractivity contribution >= 4 is 17.9 Å². The Kier molecular flexibility index (Phi) is 6.58. The van der Waals surface area contributed by atoms with Crippen molar-refractivity contribution in [3.05, 3.63) is 18.2 Å². The lowest BCUT2D eigenvalue weighted by atomic mass is 10.2. The molecular weight excluding hydrogens is 286 g/mol. The van der Waals surface area contributed by atoms with E-state index in [9.17, 15) is 4.79 Å². The Balaban J connectivity index is 2.68. The molecule has 120 valence electrons. The number of nitrogens with zero attached hydrogens (tertiary/aromatic N) is 2. The first-order valence-electron chi connectivity index (χ1n) is 7.33. The topological polar surface area (TPSA) is 56.2 Å². The van der Waals surface area contributed by atoms with E-state index < -0.39 is 11.7 Å². The quantitative estimate of drug-likeness (QED) is 0.868. The van der Waals surface area contributed by atoms with Crippen molar-refractivity contribution in [1.29, 1.82) is 0 Å². The van der Waals surface area contributed by atoms with Crippen LogP contribution in [0.5, 0.6) is 0 Å². The Morgan fingerprint density at radius 3 is 2.71 bits per heavy atom. The van der Waals surface area contributed by atoms with Gasteiger partial charge in [-0.05, 0) is 40.4 Å². The number of hydrogen-bond donors (Lipinski definition) is 1. The SMILES string of the molecule is CCSCC(C)n1cncc1[C@@H](C)NC(=O)OC(C)(C)C. The average Bonchev–Trinajstić information content (AvgIpc) is 2.82. The highest BCUT2D eigenvalue weighted by Crippen LogP contribution is 2.20. The largest absolute Gasteiger partial charge is 0.444 e. The second-order valence-electron chi connectivity index (χ2n) is 6.10. The van der Waals surface area contributed by atoms with Crippen LogP contribution in [0.25, 0.3) is 0 Å². The molecular formula is C15H27N3O2S. The van der Waals surface area contributed by atoms with Crippen molar-refractivity contribution in [2.75, 3.05) is 11.5 Å². The van der Waals surface area contributed by atoms with Crippen molar-refractivity contribution in [2.45, 2.75) is 59.2 Å². The van der Waals surface area contributed by atoms with Gasteiger partial charge in [0.25, 0.3) is 0 Å².